The topological polar surface area (TPSA) is 83.8 Å². The molecule has 1 N–H and O–H groups in total. The summed E-state index contributed by atoms with van der Waals surface area (Å²) >= 11 is 12.6. The summed E-state index contributed by atoms with van der Waals surface area (Å²) in [6.07, 6.45) is 1.46. The Bertz CT molecular complexity index is 1650. The van der Waals surface area contributed by atoms with Gasteiger partial charge in [-0.15, -0.1) is 0 Å². The first-order valence-corrected chi connectivity index (χ1v) is 14.0. The molecule has 4 aromatic rings. The summed E-state index contributed by atoms with van der Waals surface area (Å²) in [4.78, 5) is 12.8. The summed E-state index contributed by atoms with van der Waals surface area (Å²) in [6, 6.07) is 18.3. The lowest BCUT2D eigenvalue weighted by Gasteiger charge is -2.23. The van der Waals surface area contributed by atoms with Gasteiger partial charge in [-0.05, 0) is 75.4 Å². The molecule has 1 aromatic heterocycles. The van der Waals surface area contributed by atoms with Crippen LogP contribution in [0.1, 0.15) is 22.5 Å². The van der Waals surface area contributed by atoms with Crippen LogP contribution in [0, 0.1) is 26.6 Å². The van der Waals surface area contributed by atoms with Gasteiger partial charge in [-0.2, -0.15) is 5.10 Å². The van der Waals surface area contributed by atoms with Crippen LogP contribution >= 0.6 is 23.2 Å². The van der Waals surface area contributed by atoms with Crippen molar-refractivity contribution in [3.05, 3.63) is 111 Å². The zero-order valence-corrected chi connectivity index (χ0v) is 23.6. The highest BCUT2D eigenvalue weighted by atomic mass is 35.5. The molecule has 0 aliphatic rings. The third-order valence-electron chi connectivity index (χ3n) is 6.05. The van der Waals surface area contributed by atoms with Crippen LogP contribution in [0.2, 0.25) is 10.0 Å². The van der Waals surface area contributed by atoms with Crippen molar-refractivity contribution in [3.8, 4) is 5.69 Å². The average molecular weight is 588 g/mol. The Morgan fingerprint density at radius 2 is 1.69 bits per heavy atom. The fourth-order valence-corrected chi connectivity index (χ4v) is 5.85. The summed E-state index contributed by atoms with van der Waals surface area (Å²) in [6.45, 7) is 5.03. The number of benzene rings is 3. The SMILES string of the molecule is Cc1ccc(S(=O)(=O)N(CC(=O)N/N=C\c2cc(C)n(-c3cccc(Cl)c3Cl)c2C)c2ccc(F)cc2)cc1. The van der Waals surface area contributed by atoms with Crippen LogP contribution in [0.25, 0.3) is 5.69 Å². The highest BCUT2D eigenvalue weighted by Gasteiger charge is 2.27. The Balaban J connectivity index is 1.56. The standard InChI is InChI=1S/C28H25Cl2FN4O3S/c1-18-7-13-24(14-8-18)39(37,38)34(23-11-9-22(31)10-12-23)17-27(36)33-32-16-21-15-19(2)35(20(21)3)26-6-4-5-25(29)28(26)30/h4-16H,17H2,1-3H3,(H,33,36)/b32-16-. The van der Waals surface area contributed by atoms with Gasteiger partial charge in [-0.25, -0.2) is 18.2 Å². The Hall–Kier alpha value is -3.66. The number of aryl methyl sites for hydroxylation is 2. The number of nitrogens with zero attached hydrogens (tertiary/aromatic N) is 3. The maximum Gasteiger partial charge on any atom is 0.264 e. The number of halogens is 3. The summed E-state index contributed by atoms with van der Waals surface area (Å²) < 4.78 is 43.2. The average Bonchev–Trinajstić information content (AvgIpc) is 3.17. The zero-order valence-electron chi connectivity index (χ0n) is 21.3. The van der Waals surface area contributed by atoms with Gasteiger partial charge < -0.3 is 4.57 Å². The lowest BCUT2D eigenvalue weighted by molar-refractivity contribution is -0.119. The number of hydrogen-bond donors (Lipinski definition) is 1. The van der Waals surface area contributed by atoms with Gasteiger partial charge in [0.15, 0.2) is 0 Å². The van der Waals surface area contributed by atoms with Crippen LogP contribution in [0.4, 0.5) is 10.1 Å². The van der Waals surface area contributed by atoms with Crippen LogP contribution in [0.15, 0.2) is 82.8 Å². The molecule has 0 radical (unpaired) electrons. The predicted octanol–water partition coefficient (Wildman–Crippen LogP) is 6.19. The van der Waals surface area contributed by atoms with E-state index >= 15 is 0 Å². The van der Waals surface area contributed by atoms with E-state index in [1.807, 2.05) is 37.5 Å². The fourth-order valence-electron chi connectivity index (χ4n) is 4.05. The molecule has 0 aliphatic carbocycles. The van der Waals surface area contributed by atoms with Gasteiger partial charge in [0.2, 0.25) is 0 Å². The van der Waals surface area contributed by atoms with Crippen molar-refractivity contribution in [1.29, 1.82) is 0 Å². The quantitative estimate of drug-likeness (QED) is 0.197. The van der Waals surface area contributed by atoms with Crippen LogP contribution < -0.4 is 9.73 Å². The minimum absolute atomic E-state index is 0.000780. The normalized spacial score (nSPS) is 11.6. The van der Waals surface area contributed by atoms with Crippen molar-refractivity contribution in [2.24, 2.45) is 5.10 Å². The molecule has 4 rings (SSSR count). The molecule has 0 fully saturated rings. The number of sulfonamides is 1. The maximum atomic E-state index is 13.5. The monoisotopic (exact) mass is 586 g/mol. The predicted molar refractivity (Wildman–Crippen MR) is 153 cm³/mol. The van der Waals surface area contributed by atoms with E-state index in [-0.39, 0.29) is 10.6 Å². The first kappa shape index (κ1) is 28.4. The van der Waals surface area contributed by atoms with Gasteiger partial charge in [0, 0.05) is 17.0 Å². The van der Waals surface area contributed by atoms with Crippen LogP contribution in [-0.4, -0.2) is 31.7 Å². The number of nitrogens with one attached hydrogen (secondary N) is 1. The molecule has 0 spiro atoms. The highest BCUT2D eigenvalue weighted by Crippen LogP contribution is 2.31. The van der Waals surface area contributed by atoms with Crippen LogP contribution in [0.3, 0.4) is 0 Å². The largest absolute Gasteiger partial charge is 0.316 e. The van der Waals surface area contributed by atoms with Gasteiger partial charge in [-0.3, -0.25) is 9.10 Å². The Labute approximate surface area is 236 Å². The van der Waals surface area contributed by atoms with E-state index in [0.717, 1.165) is 33.4 Å². The first-order valence-electron chi connectivity index (χ1n) is 11.8. The summed E-state index contributed by atoms with van der Waals surface area (Å²) in [5, 5.41) is 4.88. The molecule has 7 nitrogen and oxygen atoms in total. The second-order valence-electron chi connectivity index (χ2n) is 8.83. The fraction of sp³-hybridized carbons (Fsp3) is 0.143. The molecule has 0 aliphatic heterocycles. The Morgan fingerprint density at radius 3 is 2.36 bits per heavy atom. The Morgan fingerprint density at radius 1 is 1.03 bits per heavy atom. The molecule has 1 amide bonds. The molecule has 0 bridgehead atoms. The maximum absolute atomic E-state index is 13.5. The molecule has 1 heterocycles. The summed E-state index contributed by atoms with van der Waals surface area (Å²) in [5.41, 5.74) is 6.51. The van der Waals surface area contributed by atoms with Gasteiger partial charge in [0.05, 0.1) is 32.5 Å². The second kappa shape index (κ2) is 11.6. The molecular formula is C28H25Cl2FN4O3S. The number of rotatable bonds is 8. The van der Waals surface area contributed by atoms with Gasteiger partial charge in [-0.1, -0.05) is 47.0 Å². The van der Waals surface area contributed by atoms with E-state index < -0.39 is 28.3 Å². The highest BCUT2D eigenvalue weighted by molar-refractivity contribution is 7.92. The van der Waals surface area contributed by atoms with Crippen molar-refractivity contribution < 1.29 is 17.6 Å². The minimum Gasteiger partial charge on any atom is -0.316 e. The number of carbonyl (C=O) groups is 1. The molecule has 11 heteroatoms. The van der Waals surface area contributed by atoms with E-state index in [4.69, 9.17) is 23.2 Å². The van der Waals surface area contributed by atoms with E-state index in [9.17, 15) is 17.6 Å². The molecule has 0 saturated carbocycles. The molecule has 39 heavy (non-hydrogen) atoms. The third-order valence-corrected chi connectivity index (χ3v) is 8.64. The first-order chi connectivity index (χ1) is 18.5. The van der Waals surface area contributed by atoms with Crippen LogP contribution in [0.5, 0.6) is 0 Å². The molecule has 3 aromatic carbocycles. The summed E-state index contributed by atoms with van der Waals surface area (Å²) in [5.74, 6) is -1.21. The van der Waals surface area contributed by atoms with Crippen LogP contribution in [-0.2, 0) is 14.8 Å². The number of carbonyl (C=O) groups excluding carboxylic acids is 1. The van der Waals surface area contributed by atoms with Gasteiger partial charge >= 0.3 is 0 Å². The van der Waals surface area contributed by atoms with E-state index in [0.29, 0.717) is 21.3 Å². The number of amides is 1. The second-order valence-corrected chi connectivity index (χ2v) is 11.5. The number of hydrazone groups is 1. The molecule has 0 unspecified atom stereocenters. The van der Waals surface area contributed by atoms with Gasteiger partial charge in [0.25, 0.3) is 15.9 Å². The number of hydrogen-bond acceptors (Lipinski definition) is 4. The lowest BCUT2D eigenvalue weighted by atomic mass is 10.2. The Kier molecular flexibility index (Phi) is 8.44. The molecule has 0 atom stereocenters. The zero-order chi connectivity index (χ0) is 28.3. The smallest absolute Gasteiger partial charge is 0.264 e. The van der Waals surface area contributed by atoms with Crippen molar-refractivity contribution in [2.75, 3.05) is 10.8 Å². The van der Waals surface area contributed by atoms with E-state index in [2.05, 4.69) is 10.5 Å². The molecule has 0 saturated heterocycles. The van der Waals surface area contributed by atoms with Crippen molar-refractivity contribution in [3.63, 3.8) is 0 Å². The molecular weight excluding hydrogens is 562 g/mol. The van der Waals surface area contributed by atoms with E-state index in [1.165, 1.54) is 30.5 Å². The van der Waals surface area contributed by atoms with Crippen molar-refractivity contribution >= 4 is 51.0 Å². The van der Waals surface area contributed by atoms with Gasteiger partial charge in [0.1, 0.15) is 12.4 Å². The lowest BCUT2D eigenvalue weighted by Crippen LogP contribution is -2.39. The van der Waals surface area contributed by atoms with Crippen molar-refractivity contribution in [1.82, 2.24) is 9.99 Å². The molecule has 202 valence electrons. The third kappa shape index (κ3) is 6.16. The summed E-state index contributed by atoms with van der Waals surface area (Å²) in [7, 11) is -4.13. The van der Waals surface area contributed by atoms with E-state index in [1.54, 1.807) is 24.3 Å². The van der Waals surface area contributed by atoms with Crippen molar-refractivity contribution in [2.45, 2.75) is 25.7 Å². The number of anilines is 1. The minimum atomic E-state index is -4.13. The number of aromatic nitrogens is 1.